The average Bonchev–Trinajstić information content (AvgIpc) is 2.80. The van der Waals surface area contributed by atoms with Crippen molar-refractivity contribution >= 4 is 5.97 Å². The van der Waals surface area contributed by atoms with Crippen LogP contribution < -0.4 is 14.2 Å². The molecule has 1 fully saturated rings. The van der Waals surface area contributed by atoms with Crippen LogP contribution in [0.25, 0.3) is 0 Å². The van der Waals surface area contributed by atoms with E-state index >= 15 is 0 Å². The topological polar surface area (TPSA) is 66.5 Å². The summed E-state index contributed by atoms with van der Waals surface area (Å²) in [5.41, 5.74) is 2.80. The van der Waals surface area contributed by atoms with Crippen molar-refractivity contribution in [3.05, 3.63) is 53.1 Å². The highest BCUT2D eigenvalue weighted by molar-refractivity contribution is 5.70. The molecular weight excluding hydrogens is 434 g/mol. The van der Waals surface area contributed by atoms with Crippen molar-refractivity contribution in [3.8, 4) is 17.2 Å². The Hall–Kier alpha value is -2.77. The molecule has 0 aliphatic carbocycles. The molecule has 0 aromatic heterocycles. The van der Waals surface area contributed by atoms with Crippen molar-refractivity contribution in [2.75, 3.05) is 40.5 Å². The second-order valence-electron chi connectivity index (χ2n) is 9.49. The fourth-order valence-corrected chi connectivity index (χ4v) is 3.97. The number of methoxy groups -OCH3 is 2. The van der Waals surface area contributed by atoms with Crippen LogP contribution in [0, 0.1) is 6.92 Å². The number of esters is 1. The molecule has 1 unspecified atom stereocenters. The van der Waals surface area contributed by atoms with Crippen LogP contribution in [0.4, 0.5) is 0 Å². The lowest BCUT2D eigenvalue weighted by Crippen LogP contribution is -2.40. The van der Waals surface area contributed by atoms with E-state index in [2.05, 4.69) is 17.9 Å². The van der Waals surface area contributed by atoms with E-state index in [-0.39, 0.29) is 12.1 Å². The van der Waals surface area contributed by atoms with E-state index in [9.17, 15) is 4.79 Å². The normalized spacial score (nSPS) is 16.7. The summed E-state index contributed by atoms with van der Waals surface area (Å²) in [6.45, 7) is 11.0. The minimum absolute atomic E-state index is 0.0349. The third kappa shape index (κ3) is 7.37. The quantitative estimate of drug-likeness (QED) is 0.491. The number of rotatable bonds is 9. The van der Waals surface area contributed by atoms with Crippen LogP contribution >= 0.6 is 0 Å². The van der Waals surface area contributed by atoms with Crippen LogP contribution in [0.3, 0.4) is 0 Å². The molecule has 2 aromatic rings. The molecule has 1 saturated heterocycles. The van der Waals surface area contributed by atoms with E-state index in [1.54, 1.807) is 14.2 Å². The molecular formula is C27H37NO6. The van der Waals surface area contributed by atoms with Crippen molar-refractivity contribution in [1.29, 1.82) is 0 Å². The number of hydrogen-bond donors (Lipinski definition) is 0. The van der Waals surface area contributed by atoms with Crippen molar-refractivity contribution in [2.24, 2.45) is 0 Å². The van der Waals surface area contributed by atoms with E-state index in [4.69, 9.17) is 23.7 Å². The zero-order chi connectivity index (χ0) is 24.7. The van der Waals surface area contributed by atoms with Gasteiger partial charge in [0, 0.05) is 19.6 Å². The predicted octanol–water partition coefficient (Wildman–Crippen LogP) is 4.70. The molecule has 2 aromatic carbocycles. The fraction of sp³-hybridized carbons (Fsp3) is 0.519. The van der Waals surface area contributed by atoms with E-state index in [1.165, 1.54) is 0 Å². The second-order valence-corrected chi connectivity index (χ2v) is 9.49. The zero-order valence-corrected chi connectivity index (χ0v) is 21.2. The van der Waals surface area contributed by atoms with E-state index in [1.807, 2.05) is 51.1 Å². The van der Waals surface area contributed by atoms with Crippen LogP contribution in [0.1, 0.15) is 50.0 Å². The first kappa shape index (κ1) is 25.8. The molecule has 7 heteroatoms. The first-order chi connectivity index (χ1) is 16.2. The van der Waals surface area contributed by atoms with Gasteiger partial charge in [0.05, 0.1) is 33.4 Å². The lowest BCUT2D eigenvalue weighted by molar-refractivity contribution is -0.155. The summed E-state index contributed by atoms with van der Waals surface area (Å²) >= 11 is 0. The summed E-state index contributed by atoms with van der Waals surface area (Å²) in [5, 5.41) is 0. The largest absolute Gasteiger partial charge is 0.493 e. The highest BCUT2D eigenvalue weighted by atomic mass is 16.6. The summed E-state index contributed by atoms with van der Waals surface area (Å²) in [6.07, 6.45) is 0.346. The second kappa shape index (κ2) is 11.6. The first-order valence-electron chi connectivity index (χ1n) is 11.7. The molecule has 0 saturated carbocycles. The summed E-state index contributed by atoms with van der Waals surface area (Å²) in [4.78, 5) is 14.3. The Morgan fingerprint density at radius 1 is 1.09 bits per heavy atom. The van der Waals surface area contributed by atoms with Crippen molar-refractivity contribution in [1.82, 2.24) is 4.90 Å². The van der Waals surface area contributed by atoms with E-state index in [0.29, 0.717) is 37.7 Å². The first-order valence-corrected chi connectivity index (χ1v) is 11.7. The van der Waals surface area contributed by atoms with Gasteiger partial charge in [-0.15, -0.1) is 0 Å². The lowest BCUT2D eigenvalue weighted by atomic mass is 10.0. The average molecular weight is 472 g/mol. The van der Waals surface area contributed by atoms with Crippen molar-refractivity contribution in [3.63, 3.8) is 0 Å². The smallest absolute Gasteiger partial charge is 0.307 e. The van der Waals surface area contributed by atoms with Gasteiger partial charge in [0.1, 0.15) is 18.0 Å². The van der Waals surface area contributed by atoms with Gasteiger partial charge in [-0.2, -0.15) is 0 Å². The Bertz CT molecular complexity index is 968. The van der Waals surface area contributed by atoms with Gasteiger partial charge in [0.15, 0.2) is 11.5 Å². The van der Waals surface area contributed by atoms with Gasteiger partial charge in [-0.1, -0.05) is 12.1 Å². The molecule has 0 amide bonds. The molecule has 0 bridgehead atoms. The van der Waals surface area contributed by atoms with E-state index < -0.39 is 5.60 Å². The molecule has 0 spiro atoms. The minimum Gasteiger partial charge on any atom is -0.493 e. The predicted molar refractivity (Wildman–Crippen MR) is 131 cm³/mol. The van der Waals surface area contributed by atoms with Crippen LogP contribution in [-0.4, -0.2) is 56.9 Å². The van der Waals surface area contributed by atoms with Gasteiger partial charge >= 0.3 is 5.97 Å². The van der Waals surface area contributed by atoms with E-state index in [0.717, 1.165) is 35.5 Å². The molecule has 186 valence electrons. The number of carbonyl (C=O) groups is 1. The fourth-order valence-electron chi connectivity index (χ4n) is 3.97. The van der Waals surface area contributed by atoms with Gasteiger partial charge in [0.25, 0.3) is 0 Å². The third-order valence-electron chi connectivity index (χ3n) is 5.64. The summed E-state index contributed by atoms with van der Waals surface area (Å²) < 4.78 is 28.2. The van der Waals surface area contributed by atoms with Crippen molar-refractivity contribution < 1.29 is 28.5 Å². The lowest BCUT2D eigenvalue weighted by Gasteiger charge is -2.33. The van der Waals surface area contributed by atoms with Gasteiger partial charge in [-0.05, 0) is 68.7 Å². The van der Waals surface area contributed by atoms with Gasteiger partial charge in [-0.25, -0.2) is 0 Å². The third-order valence-corrected chi connectivity index (χ3v) is 5.64. The van der Waals surface area contributed by atoms with Crippen LogP contribution in [-0.2, 0) is 20.9 Å². The number of aryl methyl sites for hydroxylation is 1. The Kier molecular flexibility index (Phi) is 8.80. The van der Waals surface area contributed by atoms with Gasteiger partial charge < -0.3 is 23.7 Å². The van der Waals surface area contributed by atoms with Crippen molar-refractivity contribution in [2.45, 2.75) is 52.4 Å². The maximum atomic E-state index is 12.1. The molecule has 1 aliphatic rings. The summed E-state index contributed by atoms with van der Waals surface area (Å²) in [7, 11) is 3.24. The molecule has 0 radical (unpaired) electrons. The Morgan fingerprint density at radius 2 is 1.85 bits per heavy atom. The van der Waals surface area contributed by atoms with Gasteiger partial charge in [-0.3, -0.25) is 9.69 Å². The SMILES string of the molecule is COc1ccc(COc2ccc(C3CN(CCC(=O)OC(C)(C)C)CCO3)c(C)c2)cc1OC. The molecule has 1 atom stereocenters. The maximum absolute atomic E-state index is 12.1. The maximum Gasteiger partial charge on any atom is 0.307 e. The number of ether oxygens (including phenoxy) is 5. The van der Waals surface area contributed by atoms with Crippen LogP contribution in [0.2, 0.25) is 0 Å². The van der Waals surface area contributed by atoms with Crippen LogP contribution in [0.15, 0.2) is 36.4 Å². The Balaban J connectivity index is 1.56. The number of morpholine rings is 1. The summed E-state index contributed by atoms with van der Waals surface area (Å²) in [6, 6.07) is 11.8. The summed E-state index contributed by atoms with van der Waals surface area (Å²) in [5.74, 6) is 2.01. The minimum atomic E-state index is -0.453. The molecule has 3 rings (SSSR count). The monoisotopic (exact) mass is 471 g/mol. The standard InChI is InChI=1S/C27H37NO6/c1-19-15-21(33-18-20-7-10-23(30-5)24(16-20)31-6)8-9-22(19)25-17-28(13-14-32-25)12-11-26(29)34-27(2,3)4/h7-10,15-16,25H,11-14,17-18H2,1-6H3. The van der Waals surface area contributed by atoms with Gasteiger partial charge in [0.2, 0.25) is 0 Å². The van der Waals surface area contributed by atoms with Crippen LogP contribution in [0.5, 0.6) is 17.2 Å². The number of hydrogen-bond acceptors (Lipinski definition) is 7. The molecule has 0 N–H and O–H groups in total. The number of carbonyl (C=O) groups excluding carboxylic acids is 1. The Labute approximate surface area is 202 Å². The number of benzene rings is 2. The molecule has 1 heterocycles. The molecule has 1 aliphatic heterocycles. The molecule has 7 nitrogen and oxygen atoms in total. The number of nitrogens with zero attached hydrogens (tertiary/aromatic N) is 1. The zero-order valence-electron chi connectivity index (χ0n) is 21.2. The Morgan fingerprint density at radius 3 is 2.53 bits per heavy atom. The molecule has 34 heavy (non-hydrogen) atoms. The highest BCUT2D eigenvalue weighted by Crippen LogP contribution is 2.30. The highest BCUT2D eigenvalue weighted by Gasteiger charge is 2.25.